The number of guanidine groups is 1. The first-order chi connectivity index (χ1) is 13.5. The molecule has 0 spiro atoms. The smallest absolute Gasteiger partial charge is 0.193 e. The van der Waals surface area contributed by atoms with E-state index in [-0.39, 0.29) is 11.2 Å². The quantitative estimate of drug-likeness (QED) is 0.499. The van der Waals surface area contributed by atoms with Crippen LogP contribution in [0.25, 0.3) is 0 Å². The zero-order chi connectivity index (χ0) is 21.7. The third kappa shape index (κ3) is 8.08. The predicted molar refractivity (Wildman–Crippen MR) is 123 cm³/mol. The maximum absolute atomic E-state index is 11.5. The SMILES string of the molecule is CN=C(NCC(C)(C)CCS(C)(=O)=O)N1CCN(C2CCC(C(C)C)CC2)CC1. The van der Waals surface area contributed by atoms with Crippen LogP contribution in [0.15, 0.2) is 4.99 Å². The Kier molecular flexibility index (Phi) is 8.83. The van der Waals surface area contributed by atoms with Crippen molar-refractivity contribution in [2.75, 3.05) is 51.8 Å². The molecule has 7 heteroatoms. The first-order valence-corrected chi connectivity index (χ1v) is 13.4. The minimum Gasteiger partial charge on any atom is -0.356 e. The highest BCUT2D eigenvalue weighted by atomic mass is 32.2. The normalized spacial score (nSPS) is 25.5. The zero-order valence-electron chi connectivity index (χ0n) is 19.6. The minimum atomic E-state index is -2.92. The summed E-state index contributed by atoms with van der Waals surface area (Å²) in [5, 5.41) is 3.49. The van der Waals surface area contributed by atoms with Crippen LogP contribution in [0, 0.1) is 17.3 Å². The van der Waals surface area contributed by atoms with Gasteiger partial charge < -0.3 is 10.2 Å². The van der Waals surface area contributed by atoms with Gasteiger partial charge in [0, 0.05) is 52.1 Å². The van der Waals surface area contributed by atoms with E-state index in [0.29, 0.717) is 6.42 Å². The van der Waals surface area contributed by atoms with Gasteiger partial charge >= 0.3 is 0 Å². The molecule has 6 nitrogen and oxygen atoms in total. The Balaban J connectivity index is 1.77. The molecule has 2 aliphatic rings. The molecule has 0 atom stereocenters. The van der Waals surface area contributed by atoms with E-state index in [1.807, 2.05) is 7.05 Å². The van der Waals surface area contributed by atoms with Gasteiger partial charge in [0.25, 0.3) is 0 Å². The molecular formula is C22H44N4O2S. The Morgan fingerprint density at radius 1 is 1.10 bits per heavy atom. The summed E-state index contributed by atoms with van der Waals surface area (Å²) in [6.45, 7) is 13.9. The van der Waals surface area contributed by atoms with Crippen molar-refractivity contribution in [1.29, 1.82) is 0 Å². The molecule has 1 saturated heterocycles. The Hall–Kier alpha value is -0.820. The molecule has 0 aromatic heterocycles. The fraction of sp³-hybridized carbons (Fsp3) is 0.955. The third-order valence-electron chi connectivity index (χ3n) is 6.90. The fourth-order valence-corrected chi connectivity index (χ4v) is 5.56. The number of nitrogens with zero attached hydrogens (tertiary/aromatic N) is 3. The Labute approximate surface area is 179 Å². The van der Waals surface area contributed by atoms with Gasteiger partial charge in [-0.2, -0.15) is 0 Å². The molecule has 1 N–H and O–H groups in total. The monoisotopic (exact) mass is 428 g/mol. The number of nitrogens with one attached hydrogen (secondary N) is 1. The third-order valence-corrected chi connectivity index (χ3v) is 7.85. The maximum atomic E-state index is 11.5. The highest BCUT2D eigenvalue weighted by Crippen LogP contribution is 2.32. The molecule has 0 amide bonds. The van der Waals surface area contributed by atoms with Crippen LogP contribution in [0.3, 0.4) is 0 Å². The van der Waals surface area contributed by atoms with Crippen LogP contribution in [0.5, 0.6) is 0 Å². The van der Waals surface area contributed by atoms with E-state index in [9.17, 15) is 8.42 Å². The van der Waals surface area contributed by atoms with E-state index in [1.165, 1.54) is 31.9 Å². The molecule has 2 rings (SSSR count). The highest BCUT2D eigenvalue weighted by Gasteiger charge is 2.30. The Bertz CT molecular complexity index is 629. The summed E-state index contributed by atoms with van der Waals surface area (Å²) in [7, 11) is -1.08. The van der Waals surface area contributed by atoms with Gasteiger partial charge in [-0.3, -0.25) is 9.89 Å². The molecular weight excluding hydrogens is 384 g/mol. The molecule has 29 heavy (non-hydrogen) atoms. The van der Waals surface area contributed by atoms with E-state index in [2.05, 4.69) is 47.8 Å². The zero-order valence-corrected chi connectivity index (χ0v) is 20.4. The van der Waals surface area contributed by atoms with Crippen molar-refractivity contribution in [1.82, 2.24) is 15.1 Å². The van der Waals surface area contributed by atoms with Crippen LogP contribution >= 0.6 is 0 Å². The van der Waals surface area contributed by atoms with E-state index < -0.39 is 9.84 Å². The summed E-state index contributed by atoms with van der Waals surface area (Å²) >= 11 is 0. The number of sulfone groups is 1. The highest BCUT2D eigenvalue weighted by molar-refractivity contribution is 7.90. The number of piperazine rings is 1. The first kappa shape index (κ1) is 24.4. The summed E-state index contributed by atoms with van der Waals surface area (Å²) < 4.78 is 22.9. The summed E-state index contributed by atoms with van der Waals surface area (Å²) in [5.41, 5.74) is -0.0874. The van der Waals surface area contributed by atoms with Crippen LogP contribution in [-0.4, -0.2) is 82.0 Å². The lowest BCUT2D eigenvalue weighted by atomic mass is 9.79. The standard InChI is InChI=1S/C22H44N4O2S/c1-18(2)19-7-9-20(10-8-19)25-12-14-26(15-13-25)21(23-5)24-17-22(3,4)11-16-29(6,27)28/h18-20H,7-17H2,1-6H3,(H,23,24). The van der Waals surface area contributed by atoms with Crippen LogP contribution in [0.4, 0.5) is 0 Å². The Morgan fingerprint density at radius 3 is 2.17 bits per heavy atom. The lowest BCUT2D eigenvalue weighted by molar-refractivity contribution is 0.0862. The van der Waals surface area contributed by atoms with Crippen LogP contribution in [0.2, 0.25) is 0 Å². The molecule has 0 radical (unpaired) electrons. The van der Waals surface area contributed by atoms with Gasteiger partial charge in [-0.15, -0.1) is 0 Å². The van der Waals surface area contributed by atoms with Crippen molar-refractivity contribution in [3.05, 3.63) is 0 Å². The van der Waals surface area contributed by atoms with Gasteiger partial charge in [0.2, 0.25) is 0 Å². The van der Waals surface area contributed by atoms with Gasteiger partial charge in [0.15, 0.2) is 5.96 Å². The van der Waals surface area contributed by atoms with Gasteiger partial charge in [-0.25, -0.2) is 8.42 Å². The number of hydrogen-bond donors (Lipinski definition) is 1. The fourth-order valence-electron chi connectivity index (χ4n) is 4.63. The molecule has 0 aromatic rings. The summed E-state index contributed by atoms with van der Waals surface area (Å²) in [6.07, 6.45) is 7.43. The topological polar surface area (TPSA) is 65.0 Å². The van der Waals surface area contributed by atoms with Crippen LogP contribution < -0.4 is 5.32 Å². The molecule has 1 aliphatic carbocycles. The van der Waals surface area contributed by atoms with Crippen LogP contribution in [-0.2, 0) is 9.84 Å². The van der Waals surface area contributed by atoms with Crippen molar-refractivity contribution in [3.8, 4) is 0 Å². The van der Waals surface area contributed by atoms with Crippen LogP contribution in [0.1, 0.15) is 59.8 Å². The van der Waals surface area contributed by atoms with Gasteiger partial charge in [0.05, 0.1) is 5.75 Å². The second-order valence-corrected chi connectivity index (χ2v) is 12.5. The summed E-state index contributed by atoms with van der Waals surface area (Å²) in [6, 6.07) is 0.761. The Morgan fingerprint density at radius 2 is 1.69 bits per heavy atom. The van der Waals surface area contributed by atoms with Gasteiger partial charge in [0.1, 0.15) is 9.84 Å². The molecule has 1 aliphatic heterocycles. The number of rotatable bonds is 7. The van der Waals surface area contributed by atoms with Gasteiger partial charge in [-0.05, 0) is 49.4 Å². The molecule has 0 bridgehead atoms. The van der Waals surface area contributed by atoms with Crippen molar-refractivity contribution in [2.24, 2.45) is 22.2 Å². The first-order valence-electron chi connectivity index (χ1n) is 11.4. The predicted octanol–water partition coefficient (Wildman–Crippen LogP) is 2.86. The molecule has 170 valence electrons. The van der Waals surface area contributed by atoms with E-state index >= 15 is 0 Å². The molecule has 1 heterocycles. The molecule has 1 saturated carbocycles. The minimum absolute atomic E-state index is 0.0874. The molecule has 0 aromatic carbocycles. The molecule has 2 fully saturated rings. The van der Waals surface area contributed by atoms with E-state index in [4.69, 9.17) is 0 Å². The average molecular weight is 429 g/mol. The summed E-state index contributed by atoms with van der Waals surface area (Å²) in [4.78, 5) is 9.53. The lowest BCUT2D eigenvalue weighted by Gasteiger charge is -2.43. The van der Waals surface area contributed by atoms with Crippen molar-refractivity contribution >= 4 is 15.8 Å². The van der Waals surface area contributed by atoms with Crippen molar-refractivity contribution in [2.45, 2.75) is 65.8 Å². The number of hydrogen-bond acceptors (Lipinski definition) is 4. The summed E-state index contributed by atoms with van der Waals surface area (Å²) in [5.74, 6) is 2.92. The largest absolute Gasteiger partial charge is 0.356 e. The van der Waals surface area contributed by atoms with E-state index in [0.717, 1.165) is 56.6 Å². The maximum Gasteiger partial charge on any atom is 0.193 e. The van der Waals surface area contributed by atoms with Crippen molar-refractivity contribution in [3.63, 3.8) is 0 Å². The van der Waals surface area contributed by atoms with E-state index in [1.54, 1.807) is 0 Å². The average Bonchev–Trinajstić information content (AvgIpc) is 2.67. The molecule has 0 unspecified atom stereocenters. The second-order valence-electron chi connectivity index (χ2n) is 10.3. The van der Waals surface area contributed by atoms with Crippen molar-refractivity contribution < 1.29 is 8.42 Å². The number of aliphatic imine (C=N–C) groups is 1. The second kappa shape index (κ2) is 10.5. The van der Waals surface area contributed by atoms with Gasteiger partial charge in [-0.1, -0.05) is 27.7 Å². The lowest BCUT2D eigenvalue weighted by Crippen LogP contribution is -2.56.